The summed E-state index contributed by atoms with van der Waals surface area (Å²) in [6.45, 7) is 0.861. The molecular formula is C29H30N4O2. The van der Waals surface area contributed by atoms with E-state index in [1.807, 2.05) is 65.7 Å². The Hall–Kier alpha value is -3.93. The molecule has 2 aromatic carbocycles. The Bertz CT molecular complexity index is 1290. The van der Waals surface area contributed by atoms with Gasteiger partial charge in [0.25, 0.3) is 5.91 Å². The zero-order valence-corrected chi connectivity index (χ0v) is 19.7. The van der Waals surface area contributed by atoms with Crippen LogP contribution in [-0.4, -0.2) is 38.8 Å². The topological polar surface area (TPSA) is 78.1 Å². The number of hydrogen-bond donors (Lipinski definition) is 2. The summed E-state index contributed by atoms with van der Waals surface area (Å²) in [7, 11) is 0. The van der Waals surface area contributed by atoms with Gasteiger partial charge in [-0.05, 0) is 54.7 Å². The summed E-state index contributed by atoms with van der Waals surface area (Å²) in [5.74, 6) is -0.175. The quantitative estimate of drug-likeness (QED) is 0.389. The third-order valence-electron chi connectivity index (χ3n) is 7.09. The van der Waals surface area contributed by atoms with Crippen LogP contribution < -0.4 is 5.32 Å². The standard InChI is InChI=1S/C29H30N4O2/c34-27(23-10-2-1-3-11-23)33(18-14-24-21-31-26-13-5-4-12-25(24)26)29(15-6-7-16-29)28(35)32-20-22-9-8-17-30-19-22/h1-5,8-13,17,19,21,31H,6-7,14-16,18,20H2,(H,32,35). The number of carbonyl (C=O) groups excluding carboxylic acids is 2. The van der Waals surface area contributed by atoms with Gasteiger partial charge in [-0.3, -0.25) is 14.6 Å². The van der Waals surface area contributed by atoms with Crippen molar-refractivity contribution >= 4 is 22.7 Å². The van der Waals surface area contributed by atoms with Crippen LogP contribution in [0.3, 0.4) is 0 Å². The highest BCUT2D eigenvalue weighted by Crippen LogP contribution is 2.37. The molecule has 1 aliphatic carbocycles. The average Bonchev–Trinajstić information content (AvgIpc) is 3.57. The molecule has 0 unspecified atom stereocenters. The second-order valence-corrected chi connectivity index (χ2v) is 9.21. The minimum Gasteiger partial charge on any atom is -0.361 e. The first-order valence-electron chi connectivity index (χ1n) is 12.3. The molecule has 0 saturated heterocycles. The van der Waals surface area contributed by atoms with Gasteiger partial charge >= 0.3 is 0 Å². The van der Waals surface area contributed by atoms with E-state index >= 15 is 0 Å². The number of pyridine rings is 1. The number of amides is 2. The van der Waals surface area contributed by atoms with Crippen LogP contribution in [0, 0.1) is 0 Å². The van der Waals surface area contributed by atoms with Crippen LogP contribution in [-0.2, 0) is 17.8 Å². The predicted molar refractivity (Wildman–Crippen MR) is 137 cm³/mol. The molecular weight excluding hydrogens is 436 g/mol. The van der Waals surface area contributed by atoms with Gasteiger partial charge in [-0.2, -0.15) is 0 Å². The zero-order valence-electron chi connectivity index (χ0n) is 19.7. The van der Waals surface area contributed by atoms with Gasteiger partial charge in [-0.15, -0.1) is 0 Å². The molecule has 2 amide bonds. The molecule has 2 heterocycles. The summed E-state index contributed by atoms with van der Waals surface area (Å²) >= 11 is 0. The Labute approximate surface area is 205 Å². The molecule has 1 aliphatic rings. The Balaban J connectivity index is 1.44. The monoisotopic (exact) mass is 466 g/mol. The number of H-pyrrole nitrogens is 1. The molecule has 4 aromatic rings. The van der Waals surface area contributed by atoms with E-state index in [2.05, 4.69) is 27.4 Å². The van der Waals surface area contributed by atoms with Gasteiger partial charge in [0.05, 0.1) is 0 Å². The lowest BCUT2D eigenvalue weighted by Crippen LogP contribution is -2.59. The van der Waals surface area contributed by atoms with Crippen molar-refractivity contribution in [2.45, 2.75) is 44.2 Å². The Morgan fingerprint density at radius 1 is 0.971 bits per heavy atom. The lowest BCUT2D eigenvalue weighted by atomic mass is 9.91. The van der Waals surface area contributed by atoms with Crippen molar-refractivity contribution in [1.82, 2.24) is 20.2 Å². The van der Waals surface area contributed by atoms with Gasteiger partial charge in [0.15, 0.2) is 0 Å². The fourth-order valence-corrected chi connectivity index (χ4v) is 5.25. The molecule has 2 N–H and O–H groups in total. The number of hydrogen-bond acceptors (Lipinski definition) is 3. The van der Waals surface area contributed by atoms with Crippen molar-refractivity contribution < 1.29 is 9.59 Å². The number of carbonyl (C=O) groups is 2. The summed E-state index contributed by atoms with van der Waals surface area (Å²) < 4.78 is 0. The molecule has 2 aromatic heterocycles. The molecule has 0 atom stereocenters. The fourth-order valence-electron chi connectivity index (χ4n) is 5.25. The van der Waals surface area contributed by atoms with Crippen molar-refractivity contribution in [1.29, 1.82) is 0 Å². The van der Waals surface area contributed by atoms with Crippen LogP contribution in [0.15, 0.2) is 85.3 Å². The van der Waals surface area contributed by atoms with E-state index in [1.54, 1.807) is 12.4 Å². The maximum atomic E-state index is 13.9. The summed E-state index contributed by atoms with van der Waals surface area (Å²) in [5.41, 5.74) is 2.91. The van der Waals surface area contributed by atoms with E-state index in [0.29, 0.717) is 37.9 Å². The van der Waals surface area contributed by atoms with E-state index in [1.165, 1.54) is 0 Å². The van der Waals surface area contributed by atoms with Gasteiger partial charge in [0, 0.05) is 48.1 Å². The van der Waals surface area contributed by atoms with Gasteiger partial charge < -0.3 is 15.2 Å². The minimum atomic E-state index is -0.860. The lowest BCUT2D eigenvalue weighted by Gasteiger charge is -2.40. The zero-order chi connectivity index (χ0) is 24.1. The molecule has 35 heavy (non-hydrogen) atoms. The highest BCUT2D eigenvalue weighted by molar-refractivity contribution is 5.99. The highest BCUT2D eigenvalue weighted by Gasteiger charge is 2.48. The highest BCUT2D eigenvalue weighted by atomic mass is 16.2. The summed E-state index contributed by atoms with van der Waals surface area (Å²) in [6.07, 6.45) is 9.33. The number of para-hydroxylation sites is 1. The van der Waals surface area contributed by atoms with Crippen molar-refractivity contribution in [3.63, 3.8) is 0 Å². The van der Waals surface area contributed by atoms with Crippen LogP contribution in [0.2, 0.25) is 0 Å². The molecule has 5 rings (SSSR count). The normalized spacial score (nSPS) is 14.6. The maximum Gasteiger partial charge on any atom is 0.254 e. The smallest absolute Gasteiger partial charge is 0.254 e. The van der Waals surface area contributed by atoms with E-state index < -0.39 is 5.54 Å². The van der Waals surface area contributed by atoms with Crippen LogP contribution in [0.1, 0.15) is 47.2 Å². The third-order valence-corrected chi connectivity index (χ3v) is 7.09. The van der Waals surface area contributed by atoms with Crippen molar-refractivity contribution in [3.8, 4) is 0 Å². The SMILES string of the molecule is O=C(c1ccccc1)N(CCc1c[nH]c2ccccc12)C1(C(=O)NCc2cccnc2)CCCC1. The average molecular weight is 467 g/mol. The number of nitrogens with one attached hydrogen (secondary N) is 2. The molecule has 178 valence electrons. The first-order chi connectivity index (χ1) is 17.2. The van der Waals surface area contributed by atoms with Crippen molar-refractivity contribution in [3.05, 3.63) is 102 Å². The first kappa shape index (κ1) is 22.8. The predicted octanol–water partition coefficient (Wildman–Crippen LogP) is 4.88. The second-order valence-electron chi connectivity index (χ2n) is 9.21. The Morgan fingerprint density at radius 2 is 1.74 bits per heavy atom. The molecule has 0 radical (unpaired) electrons. The Morgan fingerprint density at radius 3 is 2.51 bits per heavy atom. The number of aromatic amines is 1. The fraction of sp³-hybridized carbons (Fsp3) is 0.276. The number of benzene rings is 2. The van der Waals surface area contributed by atoms with Crippen molar-refractivity contribution in [2.75, 3.05) is 6.54 Å². The lowest BCUT2D eigenvalue weighted by molar-refractivity contribution is -0.132. The van der Waals surface area contributed by atoms with Gasteiger partial charge in [0.1, 0.15) is 5.54 Å². The van der Waals surface area contributed by atoms with Crippen LogP contribution in [0.25, 0.3) is 10.9 Å². The maximum absolute atomic E-state index is 13.9. The molecule has 0 bridgehead atoms. The van der Waals surface area contributed by atoms with Gasteiger partial charge in [0.2, 0.25) is 5.91 Å². The number of nitrogens with zero attached hydrogens (tertiary/aromatic N) is 2. The number of aromatic nitrogens is 2. The summed E-state index contributed by atoms with van der Waals surface area (Å²) in [4.78, 5) is 36.9. The molecule has 6 heteroatoms. The van der Waals surface area contributed by atoms with E-state index in [0.717, 1.165) is 34.9 Å². The van der Waals surface area contributed by atoms with Gasteiger partial charge in [-0.1, -0.05) is 55.3 Å². The summed E-state index contributed by atoms with van der Waals surface area (Å²) in [6, 6.07) is 21.3. The van der Waals surface area contributed by atoms with E-state index in [-0.39, 0.29) is 11.8 Å². The van der Waals surface area contributed by atoms with Crippen LogP contribution in [0.5, 0.6) is 0 Å². The van der Waals surface area contributed by atoms with Crippen molar-refractivity contribution in [2.24, 2.45) is 0 Å². The summed E-state index contributed by atoms with van der Waals surface area (Å²) in [5, 5.41) is 4.27. The van der Waals surface area contributed by atoms with Crippen LogP contribution in [0.4, 0.5) is 0 Å². The molecule has 6 nitrogen and oxygen atoms in total. The molecule has 0 aliphatic heterocycles. The molecule has 1 saturated carbocycles. The molecule has 0 spiro atoms. The van der Waals surface area contributed by atoms with Gasteiger partial charge in [-0.25, -0.2) is 0 Å². The van der Waals surface area contributed by atoms with E-state index in [9.17, 15) is 9.59 Å². The number of rotatable bonds is 8. The minimum absolute atomic E-state index is 0.0814. The Kier molecular flexibility index (Phi) is 6.62. The third kappa shape index (κ3) is 4.69. The molecule has 1 fully saturated rings. The largest absolute Gasteiger partial charge is 0.361 e. The van der Waals surface area contributed by atoms with E-state index in [4.69, 9.17) is 0 Å². The number of fused-ring (bicyclic) bond motifs is 1. The second kappa shape index (κ2) is 10.1. The first-order valence-corrected chi connectivity index (χ1v) is 12.3. The van der Waals surface area contributed by atoms with Crippen LogP contribution >= 0.6 is 0 Å².